The molecule has 6 nitrogen and oxygen atoms in total. The maximum atomic E-state index is 12.3. The van der Waals surface area contributed by atoms with E-state index >= 15 is 0 Å². The molecule has 0 saturated heterocycles. The molecule has 2 aromatic rings. The molecular weight excluding hydrogens is 366 g/mol. The van der Waals surface area contributed by atoms with Gasteiger partial charge in [0, 0.05) is 23.9 Å². The van der Waals surface area contributed by atoms with Gasteiger partial charge in [-0.25, -0.2) is 0 Å². The second kappa shape index (κ2) is 10.8. The smallest absolute Gasteiger partial charge is 0.246 e. The molecule has 0 spiro atoms. The number of hydrogen-bond acceptors (Lipinski definition) is 3. The fourth-order valence-electron chi connectivity index (χ4n) is 2.53. The molecule has 0 aliphatic rings. The molecule has 29 heavy (non-hydrogen) atoms. The van der Waals surface area contributed by atoms with E-state index in [1.165, 1.54) is 6.08 Å². The summed E-state index contributed by atoms with van der Waals surface area (Å²) in [5, 5.41) is 8.19. The van der Waals surface area contributed by atoms with Gasteiger partial charge in [-0.2, -0.15) is 0 Å². The largest absolute Gasteiger partial charge is 0.341 e. The van der Waals surface area contributed by atoms with Gasteiger partial charge >= 0.3 is 0 Å². The van der Waals surface area contributed by atoms with Crippen molar-refractivity contribution in [2.24, 2.45) is 5.92 Å². The Morgan fingerprint density at radius 2 is 1.45 bits per heavy atom. The molecule has 3 N–H and O–H groups in total. The minimum atomic E-state index is -0.701. The molecule has 6 heteroatoms. The van der Waals surface area contributed by atoms with E-state index in [1.807, 2.05) is 44.2 Å². The Kier molecular flexibility index (Phi) is 8.15. The van der Waals surface area contributed by atoms with Crippen molar-refractivity contribution in [1.29, 1.82) is 0 Å². The predicted octanol–water partition coefficient (Wildman–Crippen LogP) is 3.83. The van der Waals surface area contributed by atoms with Crippen LogP contribution in [0.25, 0.3) is 6.08 Å². The summed E-state index contributed by atoms with van der Waals surface area (Å²) in [5.74, 6) is -0.438. The third kappa shape index (κ3) is 8.01. The molecule has 0 aliphatic heterocycles. The van der Waals surface area contributed by atoms with Crippen molar-refractivity contribution >= 4 is 35.2 Å². The number of rotatable bonds is 8. The van der Waals surface area contributed by atoms with Crippen molar-refractivity contribution in [3.8, 4) is 0 Å². The van der Waals surface area contributed by atoms with Crippen molar-refractivity contribution in [3.05, 3.63) is 66.2 Å². The van der Waals surface area contributed by atoms with Gasteiger partial charge in [0.05, 0.1) is 0 Å². The number of nitrogens with one attached hydrogen (secondary N) is 3. The van der Waals surface area contributed by atoms with Gasteiger partial charge in [0.1, 0.15) is 6.04 Å². The highest BCUT2D eigenvalue weighted by atomic mass is 16.2. The molecule has 2 rings (SSSR count). The van der Waals surface area contributed by atoms with Crippen molar-refractivity contribution < 1.29 is 14.4 Å². The molecule has 152 valence electrons. The second-order valence-corrected chi connectivity index (χ2v) is 7.19. The molecule has 0 saturated carbocycles. The molecule has 0 bridgehead atoms. The lowest BCUT2D eigenvalue weighted by Crippen LogP contribution is -2.40. The van der Waals surface area contributed by atoms with E-state index in [1.54, 1.807) is 37.3 Å². The molecular formula is C23H27N3O3. The first kappa shape index (κ1) is 21.9. The Hall–Kier alpha value is -3.41. The molecule has 0 heterocycles. The highest BCUT2D eigenvalue weighted by Gasteiger charge is 2.14. The monoisotopic (exact) mass is 393 g/mol. The van der Waals surface area contributed by atoms with Crippen LogP contribution < -0.4 is 16.0 Å². The van der Waals surface area contributed by atoms with Crippen LogP contribution in [0.4, 0.5) is 11.4 Å². The van der Waals surface area contributed by atoms with Gasteiger partial charge in [0.15, 0.2) is 0 Å². The average molecular weight is 393 g/mol. The van der Waals surface area contributed by atoms with E-state index in [0.29, 0.717) is 17.8 Å². The van der Waals surface area contributed by atoms with E-state index in [9.17, 15) is 14.4 Å². The molecule has 1 unspecified atom stereocenters. The van der Waals surface area contributed by atoms with Crippen LogP contribution in [0, 0.1) is 5.92 Å². The Bertz CT molecular complexity index is 859. The standard InChI is InChI=1S/C23H27N3O3/c1-16(2)15-22(28)25-19-10-12-20(13-11-19)26-23(29)17(3)24-21(27)14-9-18-7-5-4-6-8-18/h4-14,16-17H,15H2,1-3H3,(H,24,27)(H,25,28)(H,26,29)/b14-9+. The number of hydrogen-bond donors (Lipinski definition) is 3. The van der Waals surface area contributed by atoms with Gasteiger partial charge in [-0.1, -0.05) is 44.2 Å². The van der Waals surface area contributed by atoms with Crippen LogP contribution in [0.2, 0.25) is 0 Å². The van der Waals surface area contributed by atoms with Crippen LogP contribution in [0.1, 0.15) is 32.8 Å². The first-order chi connectivity index (χ1) is 13.8. The zero-order valence-electron chi connectivity index (χ0n) is 16.9. The number of carbonyl (C=O) groups excluding carboxylic acids is 3. The molecule has 0 radical (unpaired) electrons. The van der Waals surface area contributed by atoms with Crippen LogP contribution >= 0.6 is 0 Å². The van der Waals surface area contributed by atoms with Gasteiger partial charge in [-0.3, -0.25) is 14.4 Å². The lowest BCUT2D eigenvalue weighted by molar-refractivity contribution is -0.123. The lowest BCUT2D eigenvalue weighted by atomic mass is 10.1. The summed E-state index contributed by atoms with van der Waals surface area (Å²) in [7, 11) is 0. The fraction of sp³-hybridized carbons (Fsp3) is 0.261. The Morgan fingerprint density at radius 3 is 2.03 bits per heavy atom. The summed E-state index contributed by atoms with van der Waals surface area (Å²) in [6, 6.07) is 15.6. The van der Waals surface area contributed by atoms with Crippen LogP contribution in [0.15, 0.2) is 60.7 Å². The second-order valence-electron chi connectivity index (χ2n) is 7.19. The lowest BCUT2D eigenvalue weighted by Gasteiger charge is -2.13. The molecule has 0 aliphatic carbocycles. The zero-order valence-corrected chi connectivity index (χ0v) is 16.9. The zero-order chi connectivity index (χ0) is 21.2. The fourth-order valence-corrected chi connectivity index (χ4v) is 2.53. The first-order valence-electron chi connectivity index (χ1n) is 9.58. The highest BCUT2D eigenvalue weighted by Crippen LogP contribution is 2.15. The van der Waals surface area contributed by atoms with Gasteiger partial charge in [0.2, 0.25) is 17.7 Å². The Morgan fingerprint density at radius 1 is 0.862 bits per heavy atom. The predicted molar refractivity (Wildman–Crippen MR) is 116 cm³/mol. The third-order valence-corrected chi connectivity index (χ3v) is 4.01. The van der Waals surface area contributed by atoms with Crippen LogP contribution in [-0.2, 0) is 14.4 Å². The quantitative estimate of drug-likeness (QED) is 0.596. The van der Waals surface area contributed by atoms with Gasteiger partial charge in [-0.05, 0) is 48.7 Å². The third-order valence-electron chi connectivity index (χ3n) is 4.01. The van der Waals surface area contributed by atoms with E-state index in [0.717, 1.165) is 5.56 Å². The number of amides is 3. The normalized spacial score (nSPS) is 11.9. The van der Waals surface area contributed by atoms with E-state index < -0.39 is 6.04 Å². The molecule has 0 aromatic heterocycles. The Labute approximate surface area is 171 Å². The number of anilines is 2. The number of carbonyl (C=O) groups is 3. The molecule has 1 atom stereocenters. The minimum absolute atomic E-state index is 0.0447. The van der Waals surface area contributed by atoms with E-state index in [4.69, 9.17) is 0 Å². The average Bonchev–Trinajstić information content (AvgIpc) is 2.68. The topological polar surface area (TPSA) is 87.3 Å². The SMILES string of the molecule is CC(C)CC(=O)Nc1ccc(NC(=O)C(C)NC(=O)/C=C/c2ccccc2)cc1. The molecule has 3 amide bonds. The van der Waals surface area contributed by atoms with Crippen molar-refractivity contribution in [3.63, 3.8) is 0 Å². The highest BCUT2D eigenvalue weighted by molar-refractivity contribution is 6.00. The summed E-state index contributed by atoms with van der Waals surface area (Å²) < 4.78 is 0. The summed E-state index contributed by atoms with van der Waals surface area (Å²) in [6.45, 7) is 5.58. The van der Waals surface area contributed by atoms with Gasteiger partial charge in [0.25, 0.3) is 0 Å². The van der Waals surface area contributed by atoms with E-state index in [-0.39, 0.29) is 23.6 Å². The summed E-state index contributed by atoms with van der Waals surface area (Å²) in [4.78, 5) is 36.1. The maximum absolute atomic E-state index is 12.3. The van der Waals surface area contributed by atoms with Crippen LogP contribution in [0.3, 0.4) is 0 Å². The molecule has 2 aromatic carbocycles. The molecule has 0 fully saturated rings. The number of benzene rings is 2. The summed E-state index contributed by atoms with van der Waals surface area (Å²) in [6.07, 6.45) is 3.54. The van der Waals surface area contributed by atoms with Crippen LogP contribution in [0.5, 0.6) is 0 Å². The minimum Gasteiger partial charge on any atom is -0.341 e. The van der Waals surface area contributed by atoms with E-state index in [2.05, 4.69) is 16.0 Å². The summed E-state index contributed by atoms with van der Waals surface area (Å²) >= 11 is 0. The Balaban J connectivity index is 1.83. The maximum Gasteiger partial charge on any atom is 0.246 e. The summed E-state index contributed by atoms with van der Waals surface area (Å²) in [5.41, 5.74) is 2.15. The first-order valence-corrected chi connectivity index (χ1v) is 9.58. The van der Waals surface area contributed by atoms with Gasteiger partial charge < -0.3 is 16.0 Å². The van der Waals surface area contributed by atoms with Gasteiger partial charge in [-0.15, -0.1) is 0 Å². The van der Waals surface area contributed by atoms with Crippen molar-refractivity contribution in [2.45, 2.75) is 33.2 Å². The van der Waals surface area contributed by atoms with Crippen LogP contribution in [-0.4, -0.2) is 23.8 Å². The van der Waals surface area contributed by atoms with Crippen molar-refractivity contribution in [2.75, 3.05) is 10.6 Å². The van der Waals surface area contributed by atoms with Crippen molar-refractivity contribution in [1.82, 2.24) is 5.32 Å².